The van der Waals surface area contributed by atoms with Crippen molar-refractivity contribution in [3.05, 3.63) is 85.1 Å². The van der Waals surface area contributed by atoms with Crippen LogP contribution in [0.4, 0.5) is 0 Å². The molecule has 0 aromatic rings. The number of hydrogen-bond acceptors (Lipinski definition) is 8. The van der Waals surface area contributed by atoms with Crippen molar-refractivity contribution in [3.63, 3.8) is 0 Å². The normalized spacial score (nSPS) is 13.7. The van der Waals surface area contributed by atoms with Crippen molar-refractivity contribution in [2.24, 2.45) is 5.73 Å². The van der Waals surface area contributed by atoms with E-state index in [1.807, 2.05) is 0 Å². The first-order chi connectivity index (χ1) is 35.3. The van der Waals surface area contributed by atoms with Crippen molar-refractivity contribution in [2.45, 2.75) is 270 Å². The highest BCUT2D eigenvalue weighted by molar-refractivity contribution is 7.47. The molecule has 2 unspecified atom stereocenters. The van der Waals surface area contributed by atoms with Crippen molar-refractivity contribution in [2.75, 3.05) is 26.4 Å². The quantitative estimate of drug-likeness (QED) is 0.0264. The first-order valence-electron chi connectivity index (χ1n) is 29.6. The molecule has 0 aromatic carbocycles. The first kappa shape index (κ1) is 69.2. The van der Waals surface area contributed by atoms with Gasteiger partial charge in [0.15, 0.2) is 6.10 Å². The van der Waals surface area contributed by atoms with E-state index in [0.29, 0.717) is 6.42 Å². The molecule has 0 amide bonds. The zero-order chi connectivity index (χ0) is 52.4. The number of phosphoric acid groups is 1. The van der Waals surface area contributed by atoms with Crippen LogP contribution in [0.15, 0.2) is 85.1 Å². The van der Waals surface area contributed by atoms with Crippen LogP contribution in [-0.2, 0) is 32.7 Å². The van der Waals surface area contributed by atoms with E-state index in [9.17, 15) is 19.0 Å². The zero-order valence-corrected chi connectivity index (χ0v) is 47.3. The molecular formula is C62H110NO8P. The number of carbonyl (C=O) groups is 2. The SMILES string of the molecule is CC/C=C\C/C=C\C/C=C\C/C=C\C/C=C\C/C=C\C/C=C\CCCCCCCCCC(=O)OC(COC(=O)CCCCCCCCCCCCCCCCCCCCCCCC)COP(=O)(O)OCCN. The lowest BCUT2D eigenvalue weighted by Crippen LogP contribution is -2.29. The number of rotatable bonds is 55. The van der Waals surface area contributed by atoms with Crippen LogP contribution in [0.2, 0.25) is 0 Å². The third-order valence-corrected chi connectivity index (χ3v) is 13.5. The van der Waals surface area contributed by atoms with Crippen LogP contribution in [0.3, 0.4) is 0 Å². The Kier molecular flexibility index (Phi) is 55.2. The van der Waals surface area contributed by atoms with E-state index >= 15 is 0 Å². The van der Waals surface area contributed by atoms with E-state index in [1.54, 1.807) is 0 Å². The molecule has 0 fully saturated rings. The Bertz CT molecular complexity index is 1450. The van der Waals surface area contributed by atoms with Gasteiger partial charge in [0.05, 0.1) is 13.2 Å². The van der Waals surface area contributed by atoms with Gasteiger partial charge in [0.2, 0.25) is 0 Å². The molecule has 0 spiro atoms. The zero-order valence-electron chi connectivity index (χ0n) is 46.4. The molecule has 0 saturated carbocycles. The van der Waals surface area contributed by atoms with E-state index in [0.717, 1.165) is 89.9 Å². The molecular weight excluding hydrogens is 918 g/mol. The molecule has 0 heterocycles. The van der Waals surface area contributed by atoms with E-state index in [1.165, 1.54) is 141 Å². The number of unbranched alkanes of at least 4 members (excludes halogenated alkanes) is 28. The van der Waals surface area contributed by atoms with Gasteiger partial charge in [0, 0.05) is 19.4 Å². The Labute approximate surface area is 443 Å². The molecule has 0 bridgehead atoms. The van der Waals surface area contributed by atoms with Crippen LogP contribution in [0.5, 0.6) is 0 Å². The highest BCUT2D eigenvalue weighted by Crippen LogP contribution is 2.43. The molecule has 0 radical (unpaired) electrons. The summed E-state index contributed by atoms with van der Waals surface area (Å²) in [6, 6.07) is 0. The summed E-state index contributed by atoms with van der Waals surface area (Å²) in [5.74, 6) is -0.835. The molecule has 0 aliphatic rings. The minimum Gasteiger partial charge on any atom is -0.462 e. The molecule has 0 saturated heterocycles. The van der Waals surface area contributed by atoms with Crippen molar-refractivity contribution < 1.29 is 37.6 Å². The molecule has 0 aliphatic carbocycles. The number of esters is 2. The second-order valence-corrected chi connectivity index (χ2v) is 20.9. The van der Waals surface area contributed by atoms with Gasteiger partial charge in [-0.05, 0) is 70.6 Å². The minimum absolute atomic E-state index is 0.0488. The topological polar surface area (TPSA) is 134 Å². The van der Waals surface area contributed by atoms with Gasteiger partial charge in [0.25, 0.3) is 0 Å². The van der Waals surface area contributed by atoms with Gasteiger partial charge >= 0.3 is 19.8 Å². The van der Waals surface area contributed by atoms with Crippen molar-refractivity contribution in [3.8, 4) is 0 Å². The summed E-state index contributed by atoms with van der Waals surface area (Å²) in [4.78, 5) is 35.2. The molecule has 0 aliphatic heterocycles. The van der Waals surface area contributed by atoms with Gasteiger partial charge in [-0.3, -0.25) is 18.6 Å². The molecule has 72 heavy (non-hydrogen) atoms. The fraction of sp³-hybridized carbons (Fsp3) is 0.742. The minimum atomic E-state index is -4.39. The number of nitrogens with two attached hydrogens (primary N) is 1. The maximum Gasteiger partial charge on any atom is 0.472 e. The second kappa shape index (κ2) is 57.5. The number of allylic oxidation sites excluding steroid dienone is 14. The predicted octanol–water partition coefficient (Wildman–Crippen LogP) is 18.7. The lowest BCUT2D eigenvalue weighted by atomic mass is 10.0. The number of hydrogen-bond donors (Lipinski definition) is 2. The van der Waals surface area contributed by atoms with Gasteiger partial charge in [-0.15, -0.1) is 0 Å². The van der Waals surface area contributed by atoms with Crippen LogP contribution >= 0.6 is 7.82 Å². The Hall–Kier alpha value is -2.81. The summed E-state index contributed by atoms with van der Waals surface area (Å²) in [5, 5.41) is 0. The van der Waals surface area contributed by atoms with E-state index in [-0.39, 0.29) is 38.6 Å². The van der Waals surface area contributed by atoms with Crippen LogP contribution in [-0.4, -0.2) is 49.3 Å². The number of ether oxygens (including phenoxy) is 2. The Morgan fingerprint density at radius 1 is 0.431 bits per heavy atom. The smallest absolute Gasteiger partial charge is 0.462 e. The highest BCUT2D eigenvalue weighted by atomic mass is 31.2. The maximum absolute atomic E-state index is 12.7. The molecule has 2 atom stereocenters. The van der Waals surface area contributed by atoms with E-state index in [2.05, 4.69) is 98.9 Å². The molecule has 0 aromatic heterocycles. The third-order valence-electron chi connectivity index (χ3n) is 12.5. The van der Waals surface area contributed by atoms with Crippen molar-refractivity contribution in [1.29, 1.82) is 0 Å². The van der Waals surface area contributed by atoms with Crippen LogP contribution in [0, 0.1) is 0 Å². The van der Waals surface area contributed by atoms with Gasteiger partial charge in [-0.2, -0.15) is 0 Å². The van der Waals surface area contributed by atoms with Crippen LogP contribution in [0.25, 0.3) is 0 Å². The van der Waals surface area contributed by atoms with E-state index in [4.69, 9.17) is 24.3 Å². The average Bonchev–Trinajstić information content (AvgIpc) is 3.37. The lowest BCUT2D eigenvalue weighted by molar-refractivity contribution is -0.161. The molecule has 10 heteroatoms. The van der Waals surface area contributed by atoms with Crippen molar-refractivity contribution >= 4 is 19.8 Å². The summed E-state index contributed by atoms with van der Waals surface area (Å²) >= 11 is 0. The Morgan fingerprint density at radius 2 is 0.764 bits per heavy atom. The summed E-state index contributed by atoms with van der Waals surface area (Å²) in [6.07, 6.45) is 74.9. The monoisotopic (exact) mass is 1030 g/mol. The molecule has 9 nitrogen and oxygen atoms in total. The van der Waals surface area contributed by atoms with Gasteiger partial charge in [-0.1, -0.05) is 266 Å². The average molecular weight is 1030 g/mol. The maximum atomic E-state index is 12.7. The predicted molar refractivity (Wildman–Crippen MR) is 307 cm³/mol. The Morgan fingerprint density at radius 3 is 1.14 bits per heavy atom. The van der Waals surface area contributed by atoms with Gasteiger partial charge < -0.3 is 20.1 Å². The standard InChI is InChI=1S/C62H110NO8P/c1-3-5-7-9-11-13-15-17-19-21-23-25-27-28-29-30-31-32-33-35-37-39-41-43-45-47-49-51-53-55-62(65)71-60(59-70-72(66,67)69-57-56-63)58-68-61(64)54-52-50-48-46-44-42-40-38-36-34-26-24-22-20-18-16-14-12-10-8-6-4-2/h5,7,11,13,17,19,23,25,28-29,31-32,35,37,60H,3-4,6,8-10,12,14-16,18,20-22,24,26-27,30,33-34,36,38-59,63H2,1-2H3,(H,66,67)/b7-5-,13-11-,19-17-,25-23-,29-28-,32-31-,37-35-. The molecule has 416 valence electrons. The largest absolute Gasteiger partial charge is 0.472 e. The lowest BCUT2D eigenvalue weighted by Gasteiger charge is -2.19. The second-order valence-electron chi connectivity index (χ2n) is 19.5. The number of carbonyl (C=O) groups excluding carboxylic acids is 2. The molecule has 0 rings (SSSR count). The van der Waals surface area contributed by atoms with Crippen molar-refractivity contribution in [1.82, 2.24) is 0 Å². The van der Waals surface area contributed by atoms with E-state index < -0.39 is 26.5 Å². The van der Waals surface area contributed by atoms with Gasteiger partial charge in [0.1, 0.15) is 6.61 Å². The third kappa shape index (κ3) is 56.5. The highest BCUT2D eigenvalue weighted by Gasteiger charge is 2.26. The summed E-state index contributed by atoms with van der Waals surface area (Å²) in [6.45, 7) is 3.64. The van der Waals surface area contributed by atoms with Crippen LogP contribution in [0.1, 0.15) is 264 Å². The fourth-order valence-corrected chi connectivity index (χ4v) is 8.97. The van der Waals surface area contributed by atoms with Gasteiger partial charge in [-0.25, -0.2) is 4.57 Å². The fourth-order valence-electron chi connectivity index (χ4n) is 8.21. The number of phosphoric ester groups is 1. The Balaban J connectivity index is 4.02. The summed E-state index contributed by atoms with van der Waals surface area (Å²) in [7, 11) is -4.39. The summed E-state index contributed by atoms with van der Waals surface area (Å²) < 4.78 is 33.0. The summed E-state index contributed by atoms with van der Waals surface area (Å²) in [5.41, 5.74) is 5.38. The molecule has 3 N–H and O–H groups in total. The first-order valence-corrected chi connectivity index (χ1v) is 31.1. The van der Waals surface area contributed by atoms with Crippen LogP contribution < -0.4 is 5.73 Å².